The highest BCUT2D eigenvalue weighted by molar-refractivity contribution is 7.99. The van der Waals surface area contributed by atoms with Crippen LogP contribution in [-0.4, -0.2) is 18.1 Å². The Labute approximate surface area is 100 Å². The van der Waals surface area contributed by atoms with E-state index in [1.54, 1.807) is 0 Å². The summed E-state index contributed by atoms with van der Waals surface area (Å²) >= 11 is 8.04. The van der Waals surface area contributed by atoms with Crippen LogP contribution >= 0.6 is 23.4 Å². The average Bonchev–Trinajstić information content (AvgIpc) is 2.72. The van der Waals surface area contributed by atoms with E-state index < -0.39 is 0 Å². The Kier molecular flexibility index (Phi) is 3.95. The molecule has 15 heavy (non-hydrogen) atoms. The average molecular weight is 242 g/mol. The number of rotatable bonds is 3. The lowest BCUT2D eigenvalue weighted by Gasteiger charge is -2.21. The Hall–Kier alpha value is -0.180. The summed E-state index contributed by atoms with van der Waals surface area (Å²) in [5, 5.41) is 0.816. The van der Waals surface area contributed by atoms with E-state index in [4.69, 9.17) is 17.3 Å². The second-order valence-electron chi connectivity index (χ2n) is 4.02. The molecule has 3 heteroatoms. The SMILES string of the molecule is NCC(c1cccc(Cl)c1)C1CCSC1. The summed E-state index contributed by atoms with van der Waals surface area (Å²) in [4.78, 5) is 0. The highest BCUT2D eigenvalue weighted by Gasteiger charge is 2.25. The molecular formula is C12H16ClNS. The van der Waals surface area contributed by atoms with Crippen molar-refractivity contribution in [3.8, 4) is 0 Å². The molecule has 1 nitrogen and oxygen atoms in total. The van der Waals surface area contributed by atoms with Crippen LogP contribution in [0, 0.1) is 5.92 Å². The lowest BCUT2D eigenvalue weighted by atomic mass is 9.86. The molecule has 2 rings (SSSR count). The molecule has 0 bridgehead atoms. The summed E-state index contributed by atoms with van der Waals surface area (Å²) in [6.45, 7) is 0.728. The first-order valence-corrected chi connectivity index (χ1v) is 6.88. The van der Waals surface area contributed by atoms with E-state index in [2.05, 4.69) is 12.1 Å². The van der Waals surface area contributed by atoms with Gasteiger partial charge in [-0.05, 0) is 54.0 Å². The molecule has 2 N–H and O–H groups in total. The van der Waals surface area contributed by atoms with Crippen molar-refractivity contribution < 1.29 is 0 Å². The van der Waals surface area contributed by atoms with Crippen molar-refractivity contribution in [2.45, 2.75) is 12.3 Å². The first-order valence-electron chi connectivity index (χ1n) is 5.34. The zero-order chi connectivity index (χ0) is 10.7. The Morgan fingerprint density at radius 3 is 3.00 bits per heavy atom. The summed E-state index contributed by atoms with van der Waals surface area (Å²) in [5.41, 5.74) is 7.19. The quantitative estimate of drug-likeness (QED) is 0.880. The van der Waals surface area contributed by atoms with Gasteiger partial charge in [-0.25, -0.2) is 0 Å². The number of halogens is 1. The molecule has 1 saturated heterocycles. The Bertz CT molecular complexity index is 323. The minimum Gasteiger partial charge on any atom is -0.330 e. The molecule has 2 unspecified atom stereocenters. The van der Waals surface area contributed by atoms with Gasteiger partial charge in [0.25, 0.3) is 0 Å². The van der Waals surface area contributed by atoms with Gasteiger partial charge in [0.15, 0.2) is 0 Å². The second kappa shape index (κ2) is 5.24. The number of hydrogen-bond acceptors (Lipinski definition) is 2. The van der Waals surface area contributed by atoms with Crippen molar-refractivity contribution in [3.63, 3.8) is 0 Å². The van der Waals surface area contributed by atoms with E-state index in [9.17, 15) is 0 Å². The third kappa shape index (κ3) is 2.68. The van der Waals surface area contributed by atoms with E-state index in [-0.39, 0.29) is 0 Å². The zero-order valence-electron chi connectivity index (χ0n) is 8.66. The molecular weight excluding hydrogens is 226 g/mol. The molecule has 0 amide bonds. The predicted octanol–water partition coefficient (Wildman–Crippen LogP) is 3.14. The molecule has 1 aromatic carbocycles. The first kappa shape index (κ1) is 11.3. The number of nitrogens with two attached hydrogens (primary N) is 1. The number of benzene rings is 1. The molecule has 1 aliphatic rings. The highest BCUT2D eigenvalue weighted by Crippen LogP contribution is 2.35. The second-order valence-corrected chi connectivity index (χ2v) is 5.61. The van der Waals surface area contributed by atoms with Crippen LogP contribution in [0.1, 0.15) is 17.9 Å². The fourth-order valence-electron chi connectivity index (χ4n) is 2.21. The first-order chi connectivity index (χ1) is 7.31. The maximum Gasteiger partial charge on any atom is 0.0408 e. The third-order valence-electron chi connectivity index (χ3n) is 3.06. The minimum absolute atomic E-state index is 0.485. The van der Waals surface area contributed by atoms with Gasteiger partial charge < -0.3 is 5.73 Å². The third-order valence-corrected chi connectivity index (χ3v) is 4.49. The number of thioether (sulfide) groups is 1. The summed E-state index contributed by atoms with van der Waals surface area (Å²) in [6.07, 6.45) is 1.29. The standard InChI is InChI=1S/C12H16ClNS/c13-11-3-1-2-9(6-11)12(7-14)10-4-5-15-8-10/h1-3,6,10,12H,4-5,7-8,14H2. The van der Waals surface area contributed by atoms with Crippen molar-refractivity contribution in [1.29, 1.82) is 0 Å². The minimum atomic E-state index is 0.485. The molecule has 0 aromatic heterocycles. The van der Waals surface area contributed by atoms with Gasteiger partial charge in [-0.15, -0.1) is 0 Å². The molecule has 0 spiro atoms. The highest BCUT2D eigenvalue weighted by atomic mass is 35.5. The van der Waals surface area contributed by atoms with Crippen LogP contribution in [0.3, 0.4) is 0 Å². The van der Waals surface area contributed by atoms with Gasteiger partial charge in [-0.2, -0.15) is 11.8 Å². The molecule has 1 aromatic rings. The van der Waals surface area contributed by atoms with Crippen molar-refractivity contribution in [1.82, 2.24) is 0 Å². The van der Waals surface area contributed by atoms with Crippen LogP contribution in [0.2, 0.25) is 5.02 Å². The number of hydrogen-bond donors (Lipinski definition) is 1. The van der Waals surface area contributed by atoms with E-state index >= 15 is 0 Å². The van der Waals surface area contributed by atoms with Crippen LogP contribution < -0.4 is 5.73 Å². The summed E-state index contributed by atoms with van der Waals surface area (Å²) < 4.78 is 0. The molecule has 0 saturated carbocycles. The monoisotopic (exact) mass is 241 g/mol. The van der Waals surface area contributed by atoms with Gasteiger partial charge in [0.2, 0.25) is 0 Å². The molecule has 1 heterocycles. The van der Waals surface area contributed by atoms with Gasteiger partial charge in [0.05, 0.1) is 0 Å². The Morgan fingerprint density at radius 1 is 1.53 bits per heavy atom. The molecule has 0 radical (unpaired) electrons. The normalized spacial score (nSPS) is 22.9. The summed E-state index contributed by atoms with van der Waals surface area (Å²) in [7, 11) is 0. The van der Waals surface area contributed by atoms with E-state index in [1.807, 2.05) is 23.9 Å². The topological polar surface area (TPSA) is 26.0 Å². The lowest BCUT2D eigenvalue weighted by Crippen LogP contribution is -2.21. The maximum absolute atomic E-state index is 6.01. The van der Waals surface area contributed by atoms with Crippen molar-refractivity contribution >= 4 is 23.4 Å². The molecule has 2 atom stereocenters. The lowest BCUT2D eigenvalue weighted by molar-refractivity contribution is 0.476. The van der Waals surface area contributed by atoms with Gasteiger partial charge in [0, 0.05) is 5.02 Å². The van der Waals surface area contributed by atoms with Gasteiger partial charge in [-0.3, -0.25) is 0 Å². The fourth-order valence-corrected chi connectivity index (χ4v) is 3.74. The largest absolute Gasteiger partial charge is 0.330 e. The van der Waals surface area contributed by atoms with Crippen LogP contribution in [0.5, 0.6) is 0 Å². The fraction of sp³-hybridized carbons (Fsp3) is 0.500. The zero-order valence-corrected chi connectivity index (χ0v) is 10.2. The van der Waals surface area contributed by atoms with Crippen LogP contribution in [0.15, 0.2) is 24.3 Å². The smallest absolute Gasteiger partial charge is 0.0408 e. The Balaban J connectivity index is 2.18. The van der Waals surface area contributed by atoms with Gasteiger partial charge in [0.1, 0.15) is 0 Å². The predicted molar refractivity (Wildman–Crippen MR) is 68.7 cm³/mol. The summed E-state index contributed by atoms with van der Waals surface area (Å²) in [5.74, 6) is 3.74. The van der Waals surface area contributed by atoms with Crippen molar-refractivity contribution in [3.05, 3.63) is 34.9 Å². The van der Waals surface area contributed by atoms with Crippen molar-refractivity contribution in [2.75, 3.05) is 18.1 Å². The van der Waals surface area contributed by atoms with E-state index in [0.29, 0.717) is 5.92 Å². The van der Waals surface area contributed by atoms with E-state index in [0.717, 1.165) is 17.5 Å². The van der Waals surface area contributed by atoms with E-state index in [1.165, 1.54) is 23.5 Å². The van der Waals surface area contributed by atoms with Crippen molar-refractivity contribution in [2.24, 2.45) is 11.7 Å². The molecule has 0 aliphatic carbocycles. The molecule has 1 aliphatic heterocycles. The van der Waals surface area contributed by atoms with Crippen LogP contribution in [-0.2, 0) is 0 Å². The summed E-state index contributed by atoms with van der Waals surface area (Å²) in [6, 6.07) is 8.14. The van der Waals surface area contributed by atoms with Crippen LogP contribution in [0.4, 0.5) is 0 Å². The Morgan fingerprint density at radius 2 is 2.40 bits per heavy atom. The van der Waals surface area contributed by atoms with Gasteiger partial charge >= 0.3 is 0 Å². The van der Waals surface area contributed by atoms with Crippen LogP contribution in [0.25, 0.3) is 0 Å². The van der Waals surface area contributed by atoms with Gasteiger partial charge in [-0.1, -0.05) is 23.7 Å². The molecule has 1 fully saturated rings. The molecule has 82 valence electrons. The maximum atomic E-state index is 6.01.